The molecule has 1 aromatic heterocycles. The summed E-state index contributed by atoms with van der Waals surface area (Å²) in [5, 5.41) is 3.77. The van der Waals surface area contributed by atoms with E-state index in [-0.39, 0.29) is 12.0 Å². The van der Waals surface area contributed by atoms with Crippen molar-refractivity contribution in [1.82, 2.24) is 9.78 Å². The molecule has 3 rings (SSSR count). The van der Waals surface area contributed by atoms with E-state index in [9.17, 15) is 13.2 Å². The Bertz CT molecular complexity index is 824. The second kappa shape index (κ2) is 7.01. The molecule has 0 aliphatic heterocycles. The van der Waals surface area contributed by atoms with E-state index in [4.69, 9.17) is 4.74 Å². The fourth-order valence-electron chi connectivity index (χ4n) is 2.65. The van der Waals surface area contributed by atoms with Crippen molar-refractivity contribution in [3.8, 4) is 5.75 Å². The average Bonchev–Trinajstić information content (AvgIpc) is 2.99. The van der Waals surface area contributed by atoms with Crippen LogP contribution in [0.3, 0.4) is 0 Å². The first kappa shape index (κ1) is 17.1. The lowest BCUT2D eigenvalue weighted by Gasteiger charge is -2.06. The minimum atomic E-state index is -4.48. The van der Waals surface area contributed by atoms with E-state index in [0.717, 1.165) is 11.1 Å². The molecule has 0 atom stereocenters. The summed E-state index contributed by atoms with van der Waals surface area (Å²) < 4.78 is 46.4. The van der Waals surface area contributed by atoms with Crippen LogP contribution in [0.15, 0.2) is 60.8 Å². The number of benzene rings is 2. The topological polar surface area (TPSA) is 27.1 Å². The molecule has 3 aromatic rings. The van der Waals surface area contributed by atoms with E-state index in [1.165, 1.54) is 10.9 Å². The molecule has 0 fully saturated rings. The van der Waals surface area contributed by atoms with E-state index in [0.29, 0.717) is 12.3 Å². The van der Waals surface area contributed by atoms with Gasteiger partial charge in [-0.3, -0.25) is 4.68 Å². The second-order valence-electron chi connectivity index (χ2n) is 5.71. The lowest BCUT2D eigenvalue weighted by atomic mass is 10.1. The van der Waals surface area contributed by atoms with Gasteiger partial charge in [-0.1, -0.05) is 42.5 Å². The molecule has 0 aliphatic rings. The first-order valence-electron chi connectivity index (χ1n) is 7.76. The third-order valence-corrected chi connectivity index (χ3v) is 3.85. The number of nitrogens with zero attached hydrogens (tertiary/aromatic N) is 2. The van der Waals surface area contributed by atoms with Crippen LogP contribution in [0.2, 0.25) is 0 Å². The Hall–Kier alpha value is -2.76. The minimum absolute atomic E-state index is 0.160. The highest BCUT2D eigenvalue weighted by Crippen LogP contribution is 2.32. The molecule has 130 valence electrons. The van der Waals surface area contributed by atoms with E-state index in [1.54, 1.807) is 31.4 Å². The SMILES string of the molecule is COc1ccc(Cc2cn(Cc3ccccc3)nc2C(F)(F)F)cc1. The molecule has 1 heterocycles. The largest absolute Gasteiger partial charge is 0.497 e. The molecule has 3 nitrogen and oxygen atoms in total. The van der Waals surface area contributed by atoms with Crippen molar-refractivity contribution in [3.05, 3.63) is 83.2 Å². The van der Waals surface area contributed by atoms with E-state index in [1.807, 2.05) is 30.3 Å². The standard InChI is InChI=1S/C19H17F3N2O/c1-25-17-9-7-14(8-10-17)11-16-13-24(23-18(16)19(20,21)22)12-15-5-3-2-4-6-15/h2-10,13H,11-12H2,1H3. The summed E-state index contributed by atoms with van der Waals surface area (Å²) in [6.07, 6.45) is -2.85. The van der Waals surface area contributed by atoms with Gasteiger partial charge in [0.1, 0.15) is 5.75 Å². The van der Waals surface area contributed by atoms with Crippen LogP contribution in [0, 0.1) is 0 Å². The van der Waals surface area contributed by atoms with Crippen molar-refractivity contribution in [2.75, 3.05) is 7.11 Å². The van der Waals surface area contributed by atoms with Crippen molar-refractivity contribution >= 4 is 0 Å². The van der Waals surface area contributed by atoms with Crippen LogP contribution in [0.25, 0.3) is 0 Å². The quantitative estimate of drug-likeness (QED) is 0.678. The molecule has 0 aliphatic carbocycles. The Kier molecular flexibility index (Phi) is 4.79. The lowest BCUT2D eigenvalue weighted by Crippen LogP contribution is -2.10. The highest BCUT2D eigenvalue weighted by atomic mass is 19.4. The molecule has 6 heteroatoms. The summed E-state index contributed by atoms with van der Waals surface area (Å²) in [4.78, 5) is 0. The summed E-state index contributed by atoms with van der Waals surface area (Å²) >= 11 is 0. The number of aromatic nitrogens is 2. The van der Waals surface area contributed by atoms with Crippen LogP contribution in [-0.2, 0) is 19.1 Å². The maximum absolute atomic E-state index is 13.3. The van der Waals surface area contributed by atoms with Gasteiger partial charge in [0.2, 0.25) is 0 Å². The van der Waals surface area contributed by atoms with Crippen LogP contribution in [0.4, 0.5) is 13.2 Å². The van der Waals surface area contributed by atoms with Gasteiger partial charge in [0.05, 0.1) is 13.7 Å². The highest BCUT2D eigenvalue weighted by molar-refractivity contribution is 5.33. The number of halogens is 3. The fraction of sp³-hybridized carbons (Fsp3) is 0.211. The fourth-order valence-corrected chi connectivity index (χ4v) is 2.65. The number of methoxy groups -OCH3 is 1. The average molecular weight is 346 g/mol. The number of hydrogen-bond donors (Lipinski definition) is 0. The summed E-state index contributed by atoms with van der Waals surface area (Å²) in [5.74, 6) is 0.666. The van der Waals surface area contributed by atoms with E-state index in [2.05, 4.69) is 5.10 Å². The summed E-state index contributed by atoms with van der Waals surface area (Å²) in [6, 6.07) is 16.3. The smallest absolute Gasteiger partial charge is 0.435 e. The monoisotopic (exact) mass is 346 g/mol. The van der Waals surface area contributed by atoms with Crippen molar-refractivity contribution < 1.29 is 17.9 Å². The zero-order chi connectivity index (χ0) is 17.9. The molecule has 0 amide bonds. The molecular formula is C19H17F3N2O. The van der Waals surface area contributed by atoms with Crippen LogP contribution < -0.4 is 4.74 Å². The van der Waals surface area contributed by atoms with Gasteiger partial charge < -0.3 is 4.74 Å². The molecule has 0 unspecified atom stereocenters. The lowest BCUT2D eigenvalue weighted by molar-refractivity contribution is -0.142. The Morgan fingerprint density at radius 3 is 2.24 bits per heavy atom. The Morgan fingerprint density at radius 2 is 1.64 bits per heavy atom. The van der Waals surface area contributed by atoms with Crippen LogP contribution in [0.5, 0.6) is 5.75 Å². The predicted octanol–water partition coefficient (Wildman–Crippen LogP) is 4.55. The third-order valence-electron chi connectivity index (χ3n) is 3.85. The number of hydrogen-bond acceptors (Lipinski definition) is 2. The van der Waals surface area contributed by atoms with Gasteiger partial charge in [0, 0.05) is 18.2 Å². The Balaban J connectivity index is 1.88. The molecule has 0 spiro atoms. The maximum atomic E-state index is 13.3. The van der Waals surface area contributed by atoms with Crippen molar-refractivity contribution in [2.45, 2.75) is 19.1 Å². The molecule has 0 saturated carbocycles. The number of alkyl halides is 3. The van der Waals surface area contributed by atoms with Crippen LogP contribution >= 0.6 is 0 Å². The molecule has 2 aromatic carbocycles. The Labute approximate surface area is 143 Å². The highest BCUT2D eigenvalue weighted by Gasteiger charge is 2.37. The molecular weight excluding hydrogens is 329 g/mol. The minimum Gasteiger partial charge on any atom is -0.497 e. The van der Waals surface area contributed by atoms with Gasteiger partial charge in [0.25, 0.3) is 0 Å². The molecule has 0 N–H and O–H groups in total. The van der Waals surface area contributed by atoms with Crippen LogP contribution in [0.1, 0.15) is 22.4 Å². The van der Waals surface area contributed by atoms with Crippen molar-refractivity contribution in [3.63, 3.8) is 0 Å². The van der Waals surface area contributed by atoms with Crippen molar-refractivity contribution in [2.24, 2.45) is 0 Å². The van der Waals surface area contributed by atoms with Gasteiger partial charge in [-0.05, 0) is 23.3 Å². The van der Waals surface area contributed by atoms with Gasteiger partial charge in [-0.25, -0.2) is 0 Å². The molecule has 0 saturated heterocycles. The number of rotatable bonds is 5. The molecule has 0 bridgehead atoms. The predicted molar refractivity (Wildman–Crippen MR) is 88.6 cm³/mol. The first-order valence-corrected chi connectivity index (χ1v) is 7.76. The summed E-state index contributed by atoms with van der Waals surface area (Å²) in [5.41, 5.74) is 0.994. The first-order chi connectivity index (χ1) is 12.0. The Morgan fingerprint density at radius 1 is 0.960 bits per heavy atom. The van der Waals surface area contributed by atoms with E-state index < -0.39 is 11.9 Å². The van der Waals surface area contributed by atoms with Crippen molar-refractivity contribution in [1.29, 1.82) is 0 Å². The van der Waals surface area contributed by atoms with Gasteiger partial charge in [-0.15, -0.1) is 0 Å². The molecule has 0 radical (unpaired) electrons. The van der Waals surface area contributed by atoms with E-state index >= 15 is 0 Å². The maximum Gasteiger partial charge on any atom is 0.435 e. The van der Waals surface area contributed by atoms with Gasteiger partial charge >= 0.3 is 6.18 Å². The molecule has 25 heavy (non-hydrogen) atoms. The van der Waals surface area contributed by atoms with Crippen LogP contribution in [-0.4, -0.2) is 16.9 Å². The third kappa shape index (κ3) is 4.21. The summed E-state index contributed by atoms with van der Waals surface area (Å²) in [6.45, 7) is 0.298. The normalized spacial score (nSPS) is 11.5. The zero-order valence-electron chi connectivity index (χ0n) is 13.6. The van der Waals surface area contributed by atoms with Gasteiger partial charge in [-0.2, -0.15) is 18.3 Å². The summed E-state index contributed by atoms with van der Waals surface area (Å²) in [7, 11) is 1.55. The second-order valence-corrected chi connectivity index (χ2v) is 5.71. The zero-order valence-corrected chi connectivity index (χ0v) is 13.6. The van der Waals surface area contributed by atoms with Gasteiger partial charge in [0.15, 0.2) is 5.69 Å². The number of ether oxygens (including phenoxy) is 1.